The van der Waals surface area contributed by atoms with Crippen LogP contribution in [-0.2, 0) is 0 Å². The van der Waals surface area contributed by atoms with Crippen LogP contribution in [0, 0.1) is 0 Å². The predicted molar refractivity (Wildman–Crippen MR) is 84.4 cm³/mol. The Balaban J connectivity index is 1.99. The summed E-state index contributed by atoms with van der Waals surface area (Å²) in [5, 5.41) is 0. The van der Waals surface area contributed by atoms with E-state index in [-0.39, 0.29) is 5.78 Å². The van der Waals surface area contributed by atoms with Crippen LogP contribution in [0.3, 0.4) is 0 Å². The van der Waals surface area contributed by atoms with Gasteiger partial charge in [-0.15, -0.1) is 0 Å². The van der Waals surface area contributed by atoms with E-state index in [1.807, 2.05) is 12.1 Å². The fraction of sp³-hybridized carbons (Fsp3) is 0.611. The quantitative estimate of drug-likeness (QED) is 0.722. The van der Waals surface area contributed by atoms with Crippen molar-refractivity contribution in [3.8, 4) is 0 Å². The number of ketones is 1. The summed E-state index contributed by atoms with van der Waals surface area (Å²) < 4.78 is 0. The topological polar surface area (TPSA) is 20.3 Å². The predicted octanol–water partition coefficient (Wildman–Crippen LogP) is 4.26. The van der Waals surface area contributed by atoms with Crippen LogP contribution in [0.25, 0.3) is 0 Å². The fourth-order valence-electron chi connectivity index (χ4n) is 3.10. The Hall–Kier alpha value is -1.15. The summed E-state index contributed by atoms with van der Waals surface area (Å²) in [5.41, 5.74) is 2.15. The summed E-state index contributed by atoms with van der Waals surface area (Å²) in [4.78, 5) is 14.8. The van der Waals surface area contributed by atoms with Crippen LogP contribution in [0.4, 0.5) is 0 Å². The second kappa shape index (κ2) is 7.03. The lowest BCUT2D eigenvalue weighted by Crippen LogP contribution is -2.37. The minimum Gasteiger partial charge on any atom is -0.293 e. The van der Waals surface area contributed by atoms with E-state index in [1.165, 1.54) is 31.2 Å². The van der Waals surface area contributed by atoms with Gasteiger partial charge in [0, 0.05) is 11.6 Å². The van der Waals surface area contributed by atoms with Crippen molar-refractivity contribution in [2.75, 3.05) is 13.1 Å². The third-order valence-corrected chi connectivity index (χ3v) is 4.49. The molecular formula is C18H27NO. The summed E-state index contributed by atoms with van der Waals surface area (Å²) in [6.45, 7) is 8.06. The molecule has 2 rings (SSSR count). The first-order valence-corrected chi connectivity index (χ1v) is 7.99. The highest BCUT2D eigenvalue weighted by Gasteiger charge is 2.23. The van der Waals surface area contributed by atoms with Gasteiger partial charge in [0.2, 0.25) is 0 Å². The van der Waals surface area contributed by atoms with Gasteiger partial charge in [-0.2, -0.15) is 0 Å². The standard InChI is InChI=1S/C18H27NO/c1-4-19(17-7-5-6-8-17)13-18(20)16-11-9-15(10-12-16)14(2)3/h9-12,14,17H,4-8,13H2,1-3H3. The highest BCUT2D eigenvalue weighted by atomic mass is 16.1. The van der Waals surface area contributed by atoms with E-state index in [0.29, 0.717) is 18.5 Å². The lowest BCUT2D eigenvalue weighted by atomic mass is 10.0. The number of Topliss-reactive ketones (excluding diaryl/α,β-unsaturated/α-hetero) is 1. The fourth-order valence-corrected chi connectivity index (χ4v) is 3.10. The number of carbonyl (C=O) groups is 1. The lowest BCUT2D eigenvalue weighted by Gasteiger charge is -2.26. The molecule has 0 spiro atoms. The highest BCUT2D eigenvalue weighted by Crippen LogP contribution is 2.23. The number of likely N-dealkylation sites (N-methyl/N-ethyl adjacent to an activating group) is 1. The van der Waals surface area contributed by atoms with Crippen molar-refractivity contribution in [3.05, 3.63) is 35.4 Å². The van der Waals surface area contributed by atoms with Gasteiger partial charge in [-0.1, -0.05) is 57.9 Å². The zero-order valence-electron chi connectivity index (χ0n) is 13.1. The van der Waals surface area contributed by atoms with Crippen molar-refractivity contribution in [1.29, 1.82) is 0 Å². The summed E-state index contributed by atoms with van der Waals surface area (Å²) in [6.07, 6.45) is 5.15. The second-order valence-electron chi connectivity index (χ2n) is 6.20. The maximum atomic E-state index is 12.4. The molecule has 0 amide bonds. The van der Waals surface area contributed by atoms with Crippen LogP contribution < -0.4 is 0 Å². The molecule has 0 aliphatic heterocycles. The van der Waals surface area contributed by atoms with Gasteiger partial charge in [-0.25, -0.2) is 0 Å². The molecule has 2 heteroatoms. The van der Waals surface area contributed by atoms with E-state index in [9.17, 15) is 4.79 Å². The summed E-state index contributed by atoms with van der Waals surface area (Å²) in [7, 11) is 0. The molecule has 20 heavy (non-hydrogen) atoms. The number of benzene rings is 1. The molecule has 0 atom stereocenters. The second-order valence-corrected chi connectivity index (χ2v) is 6.20. The van der Waals surface area contributed by atoms with Crippen LogP contribution in [0.2, 0.25) is 0 Å². The van der Waals surface area contributed by atoms with Gasteiger partial charge in [0.1, 0.15) is 0 Å². The Labute approximate surface area is 123 Å². The molecule has 0 radical (unpaired) electrons. The van der Waals surface area contributed by atoms with E-state index >= 15 is 0 Å². The van der Waals surface area contributed by atoms with E-state index in [4.69, 9.17) is 0 Å². The van der Waals surface area contributed by atoms with Gasteiger partial charge in [0.15, 0.2) is 5.78 Å². The first-order valence-electron chi connectivity index (χ1n) is 7.99. The van der Waals surface area contributed by atoms with Gasteiger partial charge in [0.05, 0.1) is 6.54 Å². The Bertz CT molecular complexity index is 429. The molecule has 0 bridgehead atoms. The Morgan fingerprint density at radius 1 is 1.20 bits per heavy atom. The molecular weight excluding hydrogens is 246 g/mol. The van der Waals surface area contributed by atoms with Crippen molar-refractivity contribution >= 4 is 5.78 Å². The molecule has 1 aliphatic rings. The zero-order valence-corrected chi connectivity index (χ0v) is 13.1. The van der Waals surface area contributed by atoms with Crippen LogP contribution in [0.15, 0.2) is 24.3 Å². The first-order chi connectivity index (χ1) is 9.61. The molecule has 0 N–H and O–H groups in total. The monoisotopic (exact) mass is 273 g/mol. The van der Waals surface area contributed by atoms with Gasteiger partial charge >= 0.3 is 0 Å². The molecule has 1 saturated carbocycles. The van der Waals surface area contributed by atoms with Crippen molar-refractivity contribution in [2.45, 2.75) is 58.4 Å². The largest absolute Gasteiger partial charge is 0.293 e. The van der Waals surface area contributed by atoms with Crippen molar-refractivity contribution in [1.82, 2.24) is 4.90 Å². The molecule has 0 saturated heterocycles. The minimum atomic E-state index is 0.258. The molecule has 1 aromatic rings. The average molecular weight is 273 g/mol. The Morgan fingerprint density at radius 2 is 1.80 bits per heavy atom. The number of rotatable bonds is 6. The Kier molecular flexibility index (Phi) is 5.36. The van der Waals surface area contributed by atoms with E-state index in [2.05, 4.69) is 37.8 Å². The van der Waals surface area contributed by atoms with Crippen LogP contribution >= 0.6 is 0 Å². The molecule has 110 valence electrons. The van der Waals surface area contributed by atoms with Gasteiger partial charge < -0.3 is 0 Å². The van der Waals surface area contributed by atoms with E-state index in [1.54, 1.807) is 0 Å². The number of carbonyl (C=O) groups excluding carboxylic acids is 1. The third-order valence-electron chi connectivity index (χ3n) is 4.49. The zero-order chi connectivity index (χ0) is 14.5. The van der Waals surface area contributed by atoms with Crippen molar-refractivity contribution < 1.29 is 4.79 Å². The Morgan fingerprint density at radius 3 is 2.30 bits per heavy atom. The lowest BCUT2D eigenvalue weighted by molar-refractivity contribution is 0.0899. The van der Waals surface area contributed by atoms with Gasteiger partial charge in [0.25, 0.3) is 0 Å². The molecule has 1 fully saturated rings. The van der Waals surface area contributed by atoms with E-state index in [0.717, 1.165) is 12.1 Å². The maximum absolute atomic E-state index is 12.4. The van der Waals surface area contributed by atoms with Crippen LogP contribution in [-0.4, -0.2) is 29.8 Å². The molecule has 1 aliphatic carbocycles. The first kappa shape index (κ1) is 15.2. The third kappa shape index (κ3) is 3.69. The number of hydrogen-bond donors (Lipinski definition) is 0. The van der Waals surface area contributed by atoms with Crippen LogP contribution in [0.1, 0.15) is 68.3 Å². The van der Waals surface area contributed by atoms with E-state index < -0.39 is 0 Å². The van der Waals surface area contributed by atoms with Crippen LogP contribution in [0.5, 0.6) is 0 Å². The van der Waals surface area contributed by atoms with Crippen molar-refractivity contribution in [3.63, 3.8) is 0 Å². The SMILES string of the molecule is CCN(CC(=O)c1ccc(C(C)C)cc1)C1CCCC1. The smallest absolute Gasteiger partial charge is 0.176 e. The number of hydrogen-bond acceptors (Lipinski definition) is 2. The molecule has 2 nitrogen and oxygen atoms in total. The molecule has 0 heterocycles. The van der Waals surface area contributed by atoms with Crippen molar-refractivity contribution in [2.24, 2.45) is 0 Å². The molecule has 0 unspecified atom stereocenters. The summed E-state index contributed by atoms with van der Waals surface area (Å²) in [5.74, 6) is 0.777. The summed E-state index contributed by atoms with van der Waals surface area (Å²) >= 11 is 0. The molecule has 0 aromatic heterocycles. The van der Waals surface area contributed by atoms with Gasteiger partial charge in [-0.05, 0) is 30.9 Å². The average Bonchev–Trinajstić information content (AvgIpc) is 2.98. The number of nitrogens with zero attached hydrogens (tertiary/aromatic N) is 1. The molecule has 1 aromatic carbocycles. The summed E-state index contributed by atoms with van der Waals surface area (Å²) in [6, 6.07) is 8.77. The maximum Gasteiger partial charge on any atom is 0.176 e. The van der Waals surface area contributed by atoms with Gasteiger partial charge in [-0.3, -0.25) is 9.69 Å². The highest BCUT2D eigenvalue weighted by molar-refractivity contribution is 5.97. The normalized spacial score (nSPS) is 16.2. The minimum absolute atomic E-state index is 0.258.